The van der Waals surface area contributed by atoms with Crippen molar-refractivity contribution in [3.05, 3.63) is 53.7 Å². The van der Waals surface area contributed by atoms with Crippen molar-refractivity contribution in [2.75, 3.05) is 7.11 Å². The number of rotatable bonds is 4. The number of hydrogen-bond acceptors (Lipinski definition) is 4. The molecule has 0 spiro atoms. The number of ether oxygens (including phenoxy) is 2. The maximum absolute atomic E-state index is 13.3. The average molecular weight is 250 g/mol. The Labute approximate surface area is 103 Å². The number of carbonyl (C=O) groups excluding carboxylic acids is 1. The Morgan fingerprint density at radius 1 is 1.33 bits per heavy atom. The summed E-state index contributed by atoms with van der Waals surface area (Å²) >= 11 is 0. The number of halogens is 1. The predicted octanol–water partition coefficient (Wildman–Crippen LogP) is 2.78. The molecule has 0 atom stereocenters. The molecular formula is C13H11FO4. The zero-order chi connectivity index (χ0) is 13.0. The van der Waals surface area contributed by atoms with Gasteiger partial charge in [0.15, 0.2) is 17.3 Å². The van der Waals surface area contributed by atoms with Gasteiger partial charge in [-0.15, -0.1) is 0 Å². The van der Waals surface area contributed by atoms with Crippen LogP contribution < -0.4 is 4.74 Å². The molecule has 0 fully saturated rings. The Bertz CT molecular complexity index is 547. The minimum atomic E-state index is -0.518. The van der Waals surface area contributed by atoms with Gasteiger partial charge in [0.25, 0.3) is 0 Å². The molecule has 1 heterocycles. The lowest BCUT2D eigenvalue weighted by molar-refractivity contribution is 0.0595. The molecule has 0 aliphatic carbocycles. The van der Waals surface area contributed by atoms with Crippen LogP contribution in [0.15, 0.2) is 41.0 Å². The van der Waals surface area contributed by atoms with Gasteiger partial charge in [-0.05, 0) is 18.2 Å². The number of carbonyl (C=O) groups is 1. The monoisotopic (exact) mass is 250 g/mol. The number of methoxy groups -OCH3 is 1. The zero-order valence-corrected chi connectivity index (χ0v) is 9.68. The SMILES string of the molecule is COC(=O)c1ccoc1COc1ccccc1F. The van der Waals surface area contributed by atoms with E-state index in [4.69, 9.17) is 9.15 Å². The van der Waals surface area contributed by atoms with Crippen LogP contribution in [0.4, 0.5) is 4.39 Å². The van der Waals surface area contributed by atoms with Gasteiger partial charge in [-0.3, -0.25) is 0 Å². The summed E-state index contributed by atoms with van der Waals surface area (Å²) in [7, 11) is 1.27. The summed E-state index contributed by atoms with van der Waals surface area (Å²) in [4.78, 5) is 11.4. The van der Waals surface area contributed by atoms with Gasteiger partial charge in [-0.1, -0.05) is 12.1 Å². The molecule has 1 aromatic carbocycles. The summed E-state index contributed by atoms with van der Waals surface area (Å²) in [6.45, 7) is -0.0433. The fourth-order valence-corrected chi connectivity index (χ4v) is 1.45. The van der Waals surface area contributed by atoms with Crippen LogP contribution in [0.1, 0.15) is 16.1 Å². The van der Waals surface area contributed by atoms with Gasteiger partial charge in [0, 0.05) is 0 Å². The summed E-state index contributed by atoms with van der Waals surface area (Å²) < 4.78 is 28.2. The second-order valence-corrected chi connectivity index (χ2v) is 3.47. The molecule has 0 aliphatic rings. The van der Waals surface area contributed by atoms with E-state index >= 15 is 0 Å². The molecule has 2 rings (SSSR count). The van der Waals surface area contributed by atoms with Gasteiger partial charge in [-0.25, -0.2) is 9.18 Å². The van der Waals surface area contributed by atoms with Crippen LogP contribution in [-0.4, -0.2) is 13.1 Å². The number of esters is 1. The first kappa shape index (κ1) is 12.2. The Morgan fingerprint density at radius 2 is 2.11 bits per heavy atom. The van der Waals surface area contributed by atoms with Crippen molar-refractivity contribution in [3.63, 3.8) is 0 Å². The first-order valence-electron chi connectivity index (χ1n) is 5.24. The number of para-hydroxylation sites is 1. The summed E-state index contributed by atoms with van der Waals surface area (Å²) in [6.07, 6.45) is 1.35. The van der Waals surface area contributed by atoms with E-state index < -0.39 is 11.8 Å². The molecule has 18 heavy (non-hydrogen) atoms. The number of benzene rings is 1. The van der Waals surface area contributed by atoms with Crippen LogP contribution in [0.25, 0.3) is 0 Å². The molecule has 0 bridgehead atoms. The molecule has 0 N–H and O–H groups in total. The largest absolute Gasteiger partial charge is 0.483 e. The summed E-state index contributed by atoms with van der Waals surface area (Å²) in [5, 5.41) is 0. The minimum Gasteiger partial charge on any atom is -0.483 e. The first-order valence-corrected chi connectivity index (χ1v) is 5.24. The third-order valence-corrected chi connectivity index (χ3v) is 2.35. The Hall–Kier alpha value is -2.30. The van der Waals surface area contributed by atoms with E-state index in [1.807, 2.05) is 0 Å². The van der Waals surface area contributed by atoms with Gasteiger partial charge in [0.05, 0.1) is 13.4 Å². The molecule has 0 amide bonds. The molecule has 94 valence electrons. The van der Waals surface area contributed by atoms with Crippen molar-refractivity contribution < 1.29 is 23.1 Å². The normalized spacial score (nSPS) is 10.1. The third-order valence-electron chi connectivity index (χ3n) is 2.35. The quantitative estimate of drug-likeness (QED) is 0.783. The van der Waals surface area contributed by atoms with Crippen LogP contribution in [0, 0.1) is 5.82 Å². The zero-order valence-electron chi connectivity index (χ0n) is 9.68. The van der Waals surface area contributed by atoms with Crippen molar-refractivity contribution in [2.24, 2.45) is 0 Å². The van der Waals surface area contributed by atoms with Crippen LogP contribution in [0.5, 0.6) is 5.75 Å². The highest BCUT2D eigenvalue weighted by Gasteiger charge is 2.15. The average Bonchev–Trinajstić information content (AvgIpc) is 2.85. The van der Waals surface area contributed by atoms with Crippen LogP contribution in [-0.2, 0) is 11.3 Å². The third kappa shape index (κ3) is 2.51. The second kappa shape index (κ2) is 5.35. The topological polar surface area (TPSA) is 48.7 Å². The molecular weight excluding hydrogens is 239 g/mol. The standard InChI is InChI=1S/C13H11FO4/c1-16-13(15)9-6-7-17-12(9)8-18-11-5-3-2-4-10(11)14/h2-7H,8H2,1H3. The summed E-state index contributed by atoms with van der Waals surface area (Å²) in [5.74, 6) is -0.589. The van der Waals surface area contributed by atoms with Crippen molar-refractivity contribution >= 4 is 5.97 Å². The van der Waals surface area contributed by atoms with Gasteiger partial charge in [0.1, 0.15) is 12.2 Å². The summed E-state index contributed by atoms with van der Waals surface area (Å²) in [5.41, 5.74) is 0.272. The van der Waals surface area contributed by atoms with Crippen molar-refractivity contribution in [3.8, 4) is 5.75 Å². The second-order valence-electron chi connectivity index (χ2n) is 3.47. The molecule has 0 saturated carbocycles. The van der Waals surface area contributed by atoms with Crippen LogP contribution >= 0.6 is 0 Å². The number of hydrogen-bond donors (Lipinski definition) is 0. The Morgan fingerprint density at radius 3 is 2.83 bits per heavy atom. The fraction of sp³-hybridized carbons (Fsp3) is 0.154. The summed E-state index contributed by atoms with van der Waals surface area (Å²) in [6, 6.07) is 7.48. The highest BCUT2D eigenvalue weighted by molar-refractivity contribution is 5.90. The van der Waals surface area contributed by atoms with Gasteiger partial charge < -0.3 is 13.9 Å². The fourth-order valence-electron chi connectivity index (χ4n) is 1.45. The molecule has 0 radical (unpaired) electrons. The maximum Gasteiger partial charge on any atom is 0.341 e. The lowest BCUT2D eigenvalue weighted by atomic mass is 10.2. The van der Waals surface area contributed by atoms with Crippen molar-refractivity contribution in [2.45, 2.75) is 6.61 Å². The molecule has 0 unspecified atom stereocenters. The van der Waals surface area contributed by atoms with Crippen molar-refractivity contribution in [1.29, 1.82) is 0 Å². The van der Waals surface area contributed by atoms with Gasteiger partial charge >= 0.3 is 5.97 Å². The Kier molecular flexibility index (Phi) is 3.62. The predicted molar refractivity (Wildman–Crippen MR) is 60.8 cm³/mol. The first-order chi connectivity index (χ1) is 8.72. The molecule has 0 saturated heterocycles. The van der Waals surface area contributed by atoms with E-state index in [2.05, 4.69) is 4.74 Å². The maximum atomic E-state index is 13.3. The van der Waals surface area contributed by atoms with E-state index in [1.54, 1.807) is 12.1 Å². The lowest BCUT2D eigenvalue weighted by Crippen LogP contribution is -2.05. The molecule has 0 aliphatic heterocycles. The smallest absolute Gasteiger partial charge is 0.341 e. The van der Waals surface area contributed by atoms with Crippen molar-refractivity contribution in [1.82, 2.24) is 0 Å². The molecule has 4 nitrogen and oxygen atoms in total. The molecule has 5 heteroatoms. The molecule has 2 aromatic rings. The van der Waals surface area contributed by atoms with Crippen LogP contribution in [0.2, 0.25) is 0 Å². The van der Waals surface area contributed by atoms with E-state index in [0.29, 0.717) is 5.76 Å². The highest BCUT2D eigenvalue weighted by atomic mass is 19.1. The van der Waals surface area contributed by atoms with E-state index in [-0.39, 0.29) is 17.9 Å². The van der Waals surface area contributed by atoms with E-state index in [9.17, 15) is 9.18 Å². The highest BCUT2D eigenvalue weighted by Crippen LogP contribution is 2.19. The van der Waals surface area contributed by atoms with Gasteiger partial charge in [-0.2, -0.15) is 0 Å². The Balaban J connectivity index is 2.09. The minimum absolute atomic E-state index is 0.0433. The van der Waals surface area contributed by atoms with E-state index in [1.165, 1.54) is 31.6 Å². The van der Waals surface area contributed by atoms with Gasteiger partial charge in [0.2, 0.25) is 0 Å². The molecule has 1 aromatic heterocycles. The number of furan rings is 1. The van der Waals surface area contributed by atoms with Crippen LogP contribution in [0.3, 0.4) is 0 Å². The van der Waals surface area contributed by atoms with E-state index in [0.717, 1.165) is 0 Å². The lowest BCUT2D eigenvalue weighted by Gasteiger charge is -2.06.